The molecule has 1 aliphatic rings. The van der Waals surface area contributed by atoms with Gasteiger partial charge in [-0.2, -0.15) is 0 Å². The van der Waals surface area contributed by atoms with E-state index < -0.39 is 30.3 Å². The zero-order chi connectivity index (χ0) is 29.3. The van der Waals surface area contributed by atoms with Crippen LogP contribution in [0.25, 0.3) is 0 Å². The lowest BCUT2D eigenvalue weighted by Crippen LogP contribution is -2.39. The summed E-state index contributed by atoms with van der Waals surface area (Å²) in [6.45, 7) is 6.35. The molecule has 0 spiro atoms. The van der Waals surface area contributed by atoms with E-state index in [2.05, 4.69) is 9.99 Å². The third kappa shape index (κ3) is 8.92. The molecule has 3 rings (SSSR count). The summed E-state index contributed by atoms with van der Waals surface area (Å²) < 4.78 is 68.9. The van der Waals surface area contributed by atoms with Gasteiger partial charge in [-0.05, 0) is 75.2 Å². The third-order valence-corrected chi connectivity index (χ3v) is 9.82. The van der Waals surface area contributed by atoms with E-state index in [0.29, 0.717) is 17.8 Å². The Morgan fingerprint density at radius 1 is 1.05 bits per heavy atom. The van der Waals surface area contributed by atoms with E-state index >= 15 is 0 Å². The Morgan fingerprint density at radius 3 is 2.20 bits per heavy atom. The van der Waals surface area contributed by atoms with Crippen molar-refractivity contribution in [2.24, 2.45) is 0 Å². The number of anilines is 2. The number of nitrogens with one attached hydrogen (secondary N) is 1. The molecular formula is C25H35N4O8PS2-2. The number of nitrogens with zero attached hydrogens (tertiary/aromatic N) is 3. The summed E-state index contributed by atoms with van der Waals surface area (Å²) >= 11 is -6.00. The second-order valence-corrected chi connectivity index (χ2v) is 12.7. The molecule has 0 bridgehead atoms. The molecule has 1 saturated heterocycles. The summed E-state index contributed by atoms with van der Waals surface area (Å²) in [6, 6.07) is 12.7. The van der Waals surface area contributed by atoms with Gasteiger partial charge in [0.2, 0.25) is 5.91 Å². The highest BCUT2D eigenvalue weighted by atomic mass is 32.3. The zero-order valence-corrected chi connectivity index (χ0v) is 25.3. The second kappa shape index (κ2) is 15.2. The van der Waals surface area contributed by atoms with Crippen molar-refractivity contribution in [2.45, 2.75) is 39.2 Å². The normalized spacial score (nSPS) is 16.3. The molecule has 15 heteroatoms. The maximum Gasteiger partial charge on any atom is 0.432 e. The van der Waals surface area contributed by atoms with E-state index in [-0.39, 0.29) is 41.0 Å². The molecule has 2 aromatic rings. The number of hydrogen-bond donors (Lipinski definition) is 1. The second-order valence-electron chi connectivity index (χ2n) is 9.13. The first-order valence-corrected chi connectivity index (χ1v) is 16.5. The Morgan fingerprint density at radius 2 is 1.65 bits per heavy atom. The van der Waals surface area contributed by atoms with Crippen LogP contribution in [0.15, 0.2) is 48.5 Å². The van der Waals surface area contributed by atoms with E-state index in [4.69, 9.17) is 9.05 Å². The number of hydrogen-bond acceptors (Lipinski definition) is 9. The summed E-state index contributed by atoms with van der Waals surface area (Å²) in [6.07, 6.45) is 2.20. The van der Waals surface area contributed by atoms with Crippen molar-refractivity contribution in [2.75, 3.05) is 48.7 Å². The van der Waals surface area contributed by atoms with Crippen molar-refractivity contribution >= 4 is 47.6 Å². The molecule has 0 radical (unpaired) electrons. The van der Waals surface area contributed by atoms with Gasteiger partial charge in [-0.1, -0.05) is 24.3 Å². The molecule has 1 heterocycles. The maximum absolute atomic E-state index is 13.4. The lowest BCUT2D eigenvalue weighted by atomic mass is 10.0. The molecule has 3 unspecified atom stereocenters. The molecule has 12 nitrogen and oxygen atoms in total. The standard InChI is InChI=1S/C25H37N4O8PS2/c1-4-36-38(31,37-5-2)26-22-10-8-9-21(18-22)24(19-28-15-6-7-16-28)27(3)25(30)17-20-11-13-23(14-12-20)29(39(32)33)40(34)35/h8-14,18,24H,4-7,15-17,19H2,1-3H3,(H,26,31)(H,32,33)(H,34,35)/p-2. The SMILES string of the molecule is CCOP(=O)(Nc1cccc(C(CN2CCCC2)N(C)C(=O)Cc2ccc(N(S(=O)[O-])S(=O)[O-])cc2)c1)OCC. The van der Waals surface area contributed by atoms with Crippen LogP contribution in [0.1, 0.15) is 43.9 Å². The summed E-state index contributed by atoms with van der Waals surface area (Å²) in [4.78, 5) is 17.4. The minimum Gasteiger partial charge on any atom is -0.754 e. The van der Waals surface area contributed by atoms with Crippen LogP contribution < -0.4 is 8.80 Å². The fourth-order valence-electron chi connectivity index (χ4n) is 4.51. The number of rotatable bonds is 15. The Kier molecular flexibility index (Phi) is 12.3. The number of likely N-dealkylation sites (N-methyl/N-ethyl adjacent to an activating group) is 1. The van der Waals surface area contributed by atoms with Crippen LogP contribution >= 0.6 is 7.75 Å². The van der Waals surface area contributed by atoms with Crippen LogP contribution in [0.3, 0.4) is 0 Å². The predicted octanol–water partition coefficient (Wildman–Crippen LogP) is 3.51. The molecule has 1 amide bonds. The smallest absolute Gasteiger partial charge is 0.432 e. The van der Waals surface area contributed by atoms with E-state index in [1.807, 2.05) is 18.2 Å². The number of likely N-dealkylation sites (tertiary alicyclic amines) is 1. The predicted molar refractivity (Wildman–Crippen MR) is 153 cm³/mol. The summed E-state index contributed by atoms with van der Waals surface area (Å²) in [5, 5.41) is 2.89. The average Bonchev–Trinajstić information content (AvgIpc) is 3.41. The topological polar surface area (TPSA) is 155 Å². The van der Waals surface area contributed by atoms with Gasteiger partial charge >= 0.3 is 7.75 Å². The van der Waals surface area contributed by atoms with Gasteiger partial charge in [-0.15, -0.1) is 0 Å². The van der Waals surface area contributed by atoms with E-state index in [0.717, 1.165) is 31.5 Å². The zero-order valence-electron chi connectivity index (χ0n) is 22.7. The van der Waals surface area contributed by atoms with Crippen molar-refractivity contribution in [1.82, 2.24) is 9.80 Å². The van der Waals surface area contributed by atoms with Gasteiger partial charge in [0.15, 0.2) is 0 Å². The van der Waals surface area contributed by atoms with Gasteiger partial charge in [0, 0.05) is 19.3 Å². The fourth-order valence-corrected chi connectivity index (χ4v) is 6.83. The highest BCUT2D eigenvalue weighted by molar-refractivity contribution is 7.98. The van der Waals surface area contributed by atoms with E-state index in [1.54, 1.807) is 31.9 Å². The maximum atomic E-state index is 13.4. The molecule has 1 fully saturated rings. The van der Waals surface area contributed by atoms with E-state index in [9.17, 15) is 26.9 Å². The first-order chi connectivity index (χ1) is 19.1. The van der Waals surface area contributed by atoms with Crippen LogP contribution in [0.4, 0.5) is 11.4 Å². The summed E-state index contributed by atoms with van der Waals surface area (Å²) in [5.41, 5.74) is 1.92. The van der Waals surface area contributed by atoms with Gasteiger partial charge in [0.25, 0.3) is 0 Å². The quantitative estimate of drug-likeness (QED) is 0.233. The van der Waals surface area contributed by atoms with Crippen molar-refractivity contribution in [3.05, 3.63) is 59.7 Å². The molecule has 40 heavy (non-hydrogen) atoms. The van der Waals surface area contributed by atoms with Gasteiger partial charge in [-0.3, -0.25) is 27.3 Å². The molecule has 0 aromatic heterocycles. The summed E-state index contributed by atoms with van der Waals surface area (Å²) in [5.74, 6) is -0.179. The molecule has 1 N–H and O–H groups in total. The monoisotopic (exact) mass is 614 g/mol. The Labute approximate surface area is 240 Å². The van der Waals surface area contributed by atoms with Crippen LogP contribution in [-0.4, -0.2) is 73.1 Å². The third-order valence-electron chi connectivity index (χ3n) is 6.40. The Hall–Kier alpha value is -2.16. The first-order valence-electron chi connectivity index (χ1n) is 12.9. The van der Waals surface area contributed by atoms with Crippen LogP contribution in [0.2, 0.25) is 0 Å². The minimum absolute atomic E-state index is 0.0238. The van der Waals surface area contributed by atoms with Gasteiger partial charge < -0.3 is 18.9 Å². The van der Waals surface area contributed by atoms with Gasteiger partial charge in [0.1, 0.15) is 0 Å². The largest absolute Gasteiger partial charge is 0.754 e. The van der Waals surface area contributed by atoms with Crippen molar-refractivity contribution in [1.29, 1.82) is 0 Å². The average molecular weight is 615 g/mol. The Bertz CT molecular complexity index is 1210. The van der Waals surface area contributed by atoms with Gasteiger partial charge in [-0.25, -0.2) is 8.28 Å². The van der Waals surface area contributed by atoms with Crippen molar-refractivity contribution in [3.8, 4) is 0 Å². The highest BCUT2D eigenvalue weighted by Crippen LogP contribution is 2.48. The molecule has 0 saturated carbocycles. The minimum atomic E-state index is -3.55. The Balaban J connectivity index is 1.82. The van der Waals surface area contributed by atoms with Crippen molar-refractivity contribution in [3.63, 3.8) is 0 Å². The fraction of sp³-hybridized carbons (Fsp3) is 0.480. The molecule has 222 valence electrons. The lowest BCUT2D eigenvalue weighted by Gasteiger charge is -2.32. The first kappa shape index (κ1) is 32.4. The molecule has 0 aliphatic carbocycles. The number of benzene rings is 2. The van der Waals surface area contributed by atoms with Gasteiger partial charge in [0.05, 0.1) is 53.9 Å². The van der Waals surface area contributed by atoms with Crippen molar-refractivity contribution < 1.29 is 35.9 Å². The van der Waals surface area contributed by atoms with Crippen LogP contribution in [0.5, 0.6) is 0 Å². The highest BCUT2D eigenvalue weighted by Gasteiger charge is 2.28. The van der Waals surface area contributed by atoms with Crippen LogP contribution in [0, 0.1) is 0 Å². The molecular weight excluding hydrogens is 579 g/mol. The summed E-state index contributed by atoms with van der Waals surface area (Å²) in [7, 11) is -1.83. The number of carbonyl (C=O) groups excluding carboxylic acids is 1. The lowest BCUT2D eigenvalue weighted by molar-refractivity contribution is -0.131. The molecule has 3 atom stereocenters. The number of carbonyl (C=O) groups is 1. The molecule has 2 aromatic carbocycles. The van der Waals surface area contributed by atoms with Crippen LogP contribution in [-0.2, 0) is 47.4 Å². The van der Waals surface area contributed by atoms with E-state index in [1.165, 1.54) is 24.3 Å². The molecule has 1 aliphatic heterocycles. The number of amides is 1.